The minimum atomic E-state index is -0.491. The molecule has 0 saturated carbocycles. The number of pyridine rings is 2. The van der Waals surface area contributed by atoms with Crippen molar-refractivity contribution in [2.75, 3.05) is 5.32 Å². The molecule has 0 saturated heterocycles. The van der Waals surface area contributed by atoms with Crippen molar-refractivity contribution >= 4 is 34.1 Å². The highest BCUT2D eigenvalue weighted by molar-refractivity contribution is 6.35. The second-order valence-electron chi connectivity index (χ2n) is 6.90. The highest BCUT2D eigenvalue weighted by Gasteiger charge is 2.18. The number of aryl methyl sites for hydroxylation is 2. The maximum absolute atomic E-state index is 13.0. The third kappa shape index (κ3) is 3.79. The van der Waals surface area contributed by atoms with Crippen LogP contribution in [-0.4, -0.2) is 25.4 Å². The lowest BCUT2D eigenvalue weighted by Crippen LogP contribution is -2.30. The molecule has 3 heterocycles. The van der Waals surface area contributed by atoms with E-state index in [4.69, 9.17) is 11.6 Å². The lowest BCUT2D eigenvalue weighted by atomic mass is 10.1. The van der Waals surface area contributed by atoms with E-state index in [1.165, 1.54) is 4.57 Å². The van der Waals surface area contributed by atoms with Crippen LogP contribution in [0.5, 0.6) is 0 Å². The van der Waals surface area contributed by atoms with E-state index < -0.39 is 11.5 Å². The Morgan fingerprint density at radius 1 is 1.10 bits per heavy atom. The lowest BCUT2D eigenvalue weighted by molar-refractivity contribution is 0.102. The molecule has 1 aromatic carbocycles. The second kappa shape index (κ2) is 8.04. The lowest BCUT2D eigenvalue weighted by Gasteiger charge is -2.12. The van der Waals surface area contributed by atoms with Crippen LogP contribution in [0, 0.1) is 13.8 Å². The van der Waals surface area contributed by atoms with Gasteiger partial charge in [0.05, 0.1) is 40.4 Å². The van der Waals surface area contributed by atoms with Gasteiger partial charge in [0.1, 0.15) is 5.56 Å². The van der Waals surface area contributed by atoms with E-state index in [2.05, 4.69) is 20.3 Å². The summed E-state index contributed by atoms with van der Waals surface area (Å²) in [5, 5.41) is 4.01. The van der Waals surface area contributed by atoms with Crippen LogP contribution in [0.4, 0.5) is 5.69 Å². The quantitative estimate of drug-likeness (QED) is 0.544. The fourth-order valence-electron chi connectivity index (χ4n) is 3.17. The number of rotatable bonds is 4. The molecule has 1 amide bonds. The van der Waals surface area contributed by atoms with Gasteiger partial charge in [-0.05, 0) is 49.7 Å². The van der Waals surface area contributed by atoms with Crippen molar-refractivity contribution in [1.82, 2.24) is 19.5 Å². The summed E-state index contributed by atoms with van der Waals surface area (Å²) in [5.74, 6) is -0.491. The van der Waals surface area contributed by atoms with Gasteiger partial charge in [0.2, 0.25) is 0 Å². The number of amides is 1. The molecule has 0 fully saturated rings. The van der Waals surface area contributed by atoms with Crippen LogP contribution in [0.1, 0.15) is 27.3 Å². The zero-order valence-corrected chi connectivity index (χ0v) is 17.1. The van der Waals surface area contributed by atoms with Crippen LogP contribution in [0.2, 0.25) is 5.02 Å². The molecule has 30 heavy (non-hydrogen) atoms. The topological polar surface area (TPSA) is 89.8 Å². The SMILES string of the molecule is Cc1cnc(Cn2ccc(C)c(C(=O)Nc3ccc(Cl)c4ncccc34)c2=O)cn1. The van der Waals surface area contributed by atoms with Gasteiger partial charge in [-0.15, -0.1) is 0 Å². The number of nitrogens with zero attached hydrogens (tertiary/aromatic N) is 4. The number of nitrogens with one attached hydrogen (secondary N) is 1. The predicted octanol–water partition coefficient (Wildman–Crippen LogP) is 3.76. The molecule has 0 aliphatic carbocycles. The van der Waals surface area contributed by atoms with E-state index in [0.717, 1.165) is 5.69 Å². The summed E-state index contributed by atoms with van der Waals surface area (Å²) in [6.45, 7) is 3.79. The van der Waals surface area contributed by atoms with E-state index in [-0.39, 0.29) is 12.1 Å². The summed E-state index contributed by atoms with van der Waals surface area (Å²) in [5.41, 5.74) is 2.80. The fourth-order valence-corrected chi connectivity index (χ4v) is 3.39. The Morgan fingerprint density at radius 3 is 2.70 bits per heavy atom. The first-order valence-corrected chi connectivity index (χ1v) is 9.64. The number of hydrogen-bond acceptors (Lipinski definition) is 5. The molecule has 3 aromatic heterocycles. The maximum Gasteiger partial charge on any atom is 0.264 e. The first kappa shape index (κ1) is 19.7. The smallest absolute Gasteiger partial charge is 0.264 e. The van der Waals surface area contributed by atoms with Gasteiger partial charge in [-0.2, -0.15) is 0 Å². The minimum absolute atomic E-state index is 0.0737. The summed E-state index contributed by atoms with van der Waals surface area (Å²) in [4.78, 5) is 38.8. The molecule has 0 unspecified atom stereocenters. The van der Waals surface area contributed by atoms with Crippen molar-refractivity contribution in [1.29, 1.82) is 0 Å². The predicted molar refractivity (Wildman–Crippen MR) is 116 cm³/mol. The summed E-state index contributed by atoms with van der Waals surface area (Å²) in [6, 6.07) is 8.68. The van der Waals surface area contributed by atoms with Crippen LogP contribution >= 0.6 is 11.6 Å². The number of hydrogen-bond donors (Lipinski definition) is 1. The largest absolute Gasteiger partial charge is 0.321 e. The van der Waals surface area contributed by atoms with Crippen LogP contribution in [-0.2, 0) is 6.54 Å². The normalized spacial score (nSPS) is 10.9. The molecule has 1 N–H and O–H groups in total. The number of benzene rings is 1. The van der Waals surface area contributed by atoms with Gasteiger partial charge in [-0.3, -0.25) is 24.5 Å². The number of carbonyl (C=O) groups excluding carboxylic acids is 1. The molecular formula is C22H18ClN5O2. The minimum Gasteiger partial charge on any atom is -0.321 e. The second-order valence-corrected chi connectivity index (χ2v) is 7.31. The molecule has 4 rings (SSSR count). The summed E-state index contributed by atoms with van der Waals surface area (Å²) in [7, 11) is 0. The highest BCUT2D eigenvalue weighted by atomic mass is 35.5. The standard InChI is InChI=1S/C22H18ClN5O2/c1-13-7-9-28(12-15-11-25-14(2)10-26-15)22(30)19(13)21(29)27-18-6-5-17(23)20-16(18)4-3-8-24-20/h3-11H,12H2,1-2H3,(H,27,29). The monoisotopic (exact) mass is 419 g/mol. The van der Waals surface area contributed by atoms with Gasteiger partial charge in [0.25, 0.3) is 11.5 Å². The van der Waals surface area contributed by atoms with Crippen LogP contribution in [0.25, 0.3) is 10.9 Å². The molecule has 0 aliphatic rings. The van der Waals surface area contributed by atoms with E-state index >= 15 is 0 Å². The van der Waals surface area contributed by atoms with Crippen molar-refractivity contribution in [3.05, 3.63) is 93.0 Å². The molecule has 0 aliphatic heterocycles. The Morgan fingerprint density at radius 2 is 1.93 bits per heavy atom. The molecule has 4 aromatic rings. The Kier molecular flexibility index (Phi) is 5.29. The zero-order valence-electron chi connectivity index (χ0n) is 16.4. The van der Waals surface area contributed by atoms with Crippen molar-refractivity contribution < 1.29 is 4.79 Å². The first-order valence-electron chi connectivity index (χ1n) is 9.26. The average molecular weight is 420 g/mol. The maximum atomic E-state index is 13.0. The van der Waals surface area contributed by atoms with E-state index in [1.54, 1.807) is 56.0 Å². The van der Waals surface area contributed by atoms with E-state index in [9.17, 15) is 9.59 Å². The number of carbonyl (C=O) groups is 1. The average Bonchev–Trinajstić information content (AvgIpc) is 2.74. The fraction of sp³-hybridized carbons (Fsp3) is 0.136. The Hall–Kier alpha value is -3.58. The van der Waals surface area contributed by atoms with Gasteiger partial charge in [0.15, 0.2) is 0 Å². The van der Waals surface area contributed by atoms with Crippen LogP contribution in [0.15, 0.2) is 59.9 Å². The summed E-state index contributed by atoms with van der Waals surface area (Å²) in [6.07, 6.45) is 6.54. The van der Waals surface area contributed by atoms with E-state index in [1.807, 2.05) is 13.0 Å². The first-order chi connectivity index (χ1) is 14.4. The molecule has 0 radical (unpaired) electrons. The van der Waals surface area contributed by atoms with Crippen LogP contribution < -0.4 is 10.9 Å². The van der Waals surface area contributed by atoms with Crippen molar-refractivity contribution in [2.24, 2.45) is 0 Å². The molecule has 8 heteroatoms. The van der Waals surface area contributed by atoms with Gasteiger partial charge >= 0.3 is 0 Å². The Bertz CT molecular complexity index is 1320. The van der Waals surface area contributed by atoms with Gasteiger partial charge < -0.3 is 9.88 Å². The molecule has 0 atom stereocenters. The molecule has 150 valence electrons. The van der Waals surface area contributed by atoms with Crippen LogP contribution in [0.3, 0.4) is 0 Å². The molecule has 0 spiro atoms. The number of aromatic nitrogens is 4. The molecule has 7 nitrogen and oxygen atoms in total. The van der Waals surface area contributed by atoms with Gasteiger partial charge in [0, 0.05) is 24.0 Å². The Labute approximate surface area is 177 Å². The number of fused-ring (bicyclic) bond motifs is 1. The van der Waals surface area contributed by atoms with Crippen molar-refractivity contribution in [3.8, 4) is 0 Å². The third-order valence-electron chi connectivity index (χ3n) is 4.74. The summed E-state index contributed by atoms with van der Waals surface area (Å²) < 4.78 is 1.45. The number of anilines is 1. The Balaban J connectivity index is 1.69. The highest BCUT2D eigenvalue weighted by Crippen LogP contribution is 2.28. The van der Waals surface area contributed by atoms with E-state index in [0.29, 0.717) is 32.9 Å². The van der Waals surface area contributed by atoms with Gasteiger partial charge in [-0.25, -0.2) is 0 Å². The zero-order chi connectivity index (χ0) is 21.3. The van der Waals surface area contributed by atoms with Crippen molar-refractivity contribution in [3.63, 3.8) is 0 Å². The molecule has 0 bridgehead atoms. The summed E-state index contributed by atoms with van der Waals surface area (Å²) >= 11 is 6.20. The third-order valence-corrected chi connectivity index (χ3v) is 5.04. The van der Waals surface area contributed by atoms with Gasteiger partial charge in [-0.1, -0.05) is 11.6 Å². The number of halogens is 1. The molecular weight excluding hydrogens is 402 g/mol. The van der Waals surface area contributed by atoms with Crippen molar-refractivity contribution in [2.45, 2.75) is 20.4 Å².